The van der Waals surface area contributed by atoms with Gasteiger partial charge in [-0.1, -0.05) is 0 Å². The maximum absolute atomic E-state index is 10.0. The fourth-order valence-corrected chi connectivity index (χ4v) is 0.902. The van der Waals surface area contributed by atoms with Crippen LogP contribution < -0.4 is 0 Å². The van der Waals surface area contributed by atoms with Gasteiger partial charge < -0.3 is 20.7 Å². The Balaban J connectivity index is -0.000000108. The molecule has 0 saturated carbocycles. The Labute approximate surface area is 144 Å². The predicted molar refractivity (Wildman–Crippen MR) is 83.9 cm³/mol. The first-order chi connectivity index (χ1) is 9.38. The minimum Gasteiger partial charge on any atom is -0.513 e. The summed E-state index contributed by atoms with van der Waals surface area (Å²) < 4.78 is 0. The minimum absolute atomic E-state index is 0. The molecule has 7 heteroatoms. The average Bonchev–Trinajstić information content (AvgIpc) is 2.10. The summed E-state index contributed by atoms with van der Waals surface area (Å²) in [6, 6.07) is 0. The van der Waals surface area contributed by atoms with E-state index >= 15 is 0 Å². The molecule has 0 unspecified atom stereocenters. The van der Waals surface area contributed by atoms with Gasteiger partial charge in [-0.25, -0.2) is 0 Å². The Morgan fingerprint density at radius 3 is 0.909 bits per heavy atom. The third-order valence-corrected chi connectivity index (χ3v) is 1.25. The van der Waals surface area contributed by atoms with Crippen LogP contribution in [0.5, 0.6) is 0 Å². The first kappa shape index (κ1) is 28.4. The number of carbonyl (C=O) groups is 2. The number of allylic oxidation sites excluding steroid dienone is 6. The van der Waals surface area contributed by atoms with E-state index in [1.807, 2.05) is 0 Å². The van der Waals surface area contributed by atoms with Gasteiger partial charge in [0.25, 0.3) is 0 Å². The Hall–Kier alpha value is -1.75. The summed E-state index contributed by atoms with van der Waals surface area (Å²) in [7, 11) is 0. The molecule has 0 aromatic carbocycles. The van der Waals surface area contributed by atoms with Crippen molar-refractivity contribution in [3.63, 3.8) is 0 Å². The Kier molecular flexibility index (Phi) is 22.4. The van der Waals surface area contributed by atoms with Gasteiger partial charge >= 0.3 is 0 Å². The number of carbonyl (C=O) groups excluding carboxylic acids is 2. The number of aliphatic hydroxyl groups is 3. The molecule has 0 rings (SSSR count). The molecule has 0 heterocycles. The Morgan fingerprint density at radius 2 is 0.909 bits per heavy atom. The zero-order chi connectivity index (χ0) is 17.6. The normalized spacial score (nSPS) is 10.9. The van der Waals surface area contributed by atoms with Crippen LogP contribution in [0.2, 0.25) is 0 Å². The summed E-state index contributed by atoms with van der Waals surface area (Å²) in [6.45, 7) is 8.85. The van der Waals surface area contributed by atoms with Gasteiger partial charge in [0.15, 0.2) is 11.6 Å². The van der Waals surface area contributed by atoms with Gasteiger partial charge in [-0.05, 0) is 47.6 Å². The van der Waals surface area contributed by atoms with E-state index in [1.165, 1.54) is 52.8 Å². The Morgan fingerprint density at radius 1 is 0.682 bits per heavy atom. The van der Waals surface area contributed by atoms with Crippen LogP contribution in [0.3, 0.4) is 0 Å². The van der Waals surface area contributed by atoms with E-state index in [1.54, 1.807) is 6.92 Å². The third-order valence-electron chi connectivity index (χ3n) is 1.25. The largest absolute Gasteiger partial charge is 0.513 e. The van der Waals surface area contributed by atoms with Gasteiger partial charge in [0.1, 0.15) is 0 Å². The van der Waals surface area contributed by atoms with Crippen molar-refractivity contribution >= 4 is 17.3 Å². The predicted octanol–water partition coefficient (Wildman–Crippen LogP) is 3.56. The van der Waals surface area contributed by atoms with Crippen molar-refractivity contribution in [2.24, 2.45) is 0 Å². The second kappa shape index (κ2) is 17.3. The summed E-state index contributed by atoms with van der Waals surface area (Å²) in [5.74, 6) is 0.0625. The topological polar surface area (TPSA) is 119 Å². The van der Waals surface area contributed by atoms with Crippen LogP contribution in [-0.4, -0.2) is 32.6 Å². The molecule has 0 amide bonds. The smallest absolute Gasteiger partial charge is 0.155 e. The third kappa shape index (κ3) is 51.7. The average molecular weight is 400 g/mol. The van der Waals surface area contributed by atoms with Crippen LogP contribution in [0.1, 0.15) is 41.5 Å². The molecule has 0 aliphatic heterocycles. The van der Waals surface area contributed by atoms with Crippen molar-refractivity contribution in [1.82, 2.24) is 0 Å². The molecule has 22 heavy (non-hydrogen) atoms. The summed E-state index contributed by atoms with van der Waals surface area (Å²) in [5.41, 5.74) is 0.375. The number of aliphatic hydroxyl groups excluding tert-OH is 3. The van der Waals surface area contributed by atoms with E-state index in [-0.39, 0.29) is 48.3 Å². The van der Waals surface area contributed by atoms with Crippen LogP contribution in [0.25, 0.3) is 0 Å². The van der Waals surface area contributed by atoms with Gasteiger partial charge in [-0.15, -0.1) is 0 Å². The second-order valence-corrected chi connectivity index (χ2v) is 4.26. The van der Waals surface area contributed by atoms with Gasteiger partial charge in [-0.3, -0.25) is 9.59 Å². The molecule has 0 spiro atoms. The summed E-state index contributed by atoms with van der Waals surface area (Å²) >= 11 is 0. The zero-order valence-corrected chi connectivity index (χ0v) is 15.5. The molecule has 128 valence electrons. The number of hydrogen-bond acceptors (Lipinski definition) is 6. The second-order valence-electron chi connectivity index (χ2n) is 4.26. The number of rotatable bonds is 3. The molecule has 0 aromatic rings. The summed E-state index contributed by atoms with van der Waals surface area (Å²) in [4.78, 5) is 20.0. The first-order valence-electron chi connectivity index (χ1n) is 6.06. The fraction of sp³-hybridized carbons (Fsp3) is 0.400. The molecule has 4 N–H and O–H groups in total. The molecule has 0 saturated heterocycles. The van der Waals surface area contributed by atoms with Crippen LogP contribution in [0.15, 0.2) is 35.5 Å². The monoisotopic (exact) mass is 401 g/mol. The molecule has 6 nitrogen and oxygen atoms in total. The molecule has 0 fully saturated rings. The molecule has 0 atom stereocenters. The molecular formula is C15H25NO5Ru. The van der Waals surface area contributed by atoms with E-state index in [4.69, 9.17) is 20.7 Å². The SMILES string of the molecule is CC(=N)/C=C(/C)O.CC(=O)/C=C(/C)O.CC(=O)/C=C(/C)O.[Ru]. The number of ketones is 2. The maximum Gasteiger partial charge on any atom is 0.155 e. The number of nitrogens with one attached hydrogen (secondary N) is 1. The quantitative estimate of drug-likeness (QED) is 0.250. The van der Waals surface area contributed by atoms with Crippen molar-refractivity contribution in [2.75, 3.05) is 0 Å². The standard InChI is InChI=1S/C5H9NO.2C5H8O2.Ru/c3*1-4(6)3-5(2)7;/h3,6-7H,1-2H3;2*3,6H,1-2H3;/b5-3-,6-4?;2*4-3-;. The van der Waals surface area contributed by atoms with Gasteiger partial charge in [-0.2, -0.15) is 0 Å². The van der Waals surface area contributed by atoms with Gasteiger partial charge in [0, 0.05) is 37.3 Å². The molecule has 0 radical (unpaired) electrons. The molecule has 0 bridgehead atoms. The molecule has 0 aromatic heterocycles. The van der Waals surface area contributed by atoms with Gasteiger partial charge in [0.05, 0.1) is 17.3 Å². The van der Waals surface area contributed by atoms with E-state index in [9.17, 15) is 9.59 Å². The van der Waals surface area contributed by atoms with Crippen molar-refractivity contribution in [2.45, 2.75) is 41.5 Å². The van der Waals surface area contributed by atoms with Crippen molar-refractivity contribution in [3.8, 4) is 0 Å². The van der Waals surface area contributed by atoms with Crippen LogP contribution in [0.4, 0.5) is 0 Å². The van der Waals surface area contributed by atoms with Crippen molar-refractivity contribution < 1.29 is 44.4 Å². The van der Waals surface area contributed by atoms with E-state index < -0.39 is 0 Å². The van der Waals surface area contributed by atoms with E-state index in [0.29, 0.717) is 5.71 Å². The van der Waals surface area contributed by atoms with Gasteiger partial charge in [0.2, 0.25) is 0 Å². The van der Waals surface area contributed by atoms with Crippen LogP contribution in [0, 0.1) is 5.41 Å². The van der Waals surface area contributed by atoms with Crippen molar-refractivity contribution in [1.29, 1.82) is 5.41 Å². The van der Waals surface area contributed by atoms with E-state index in [2.05, 4.69) is 0 Å². The molecule has 0 aliphatic rings. The molecular weight excluding hydrogens is 375 g/mol. The maximum atomic E-state index is 10.0. The van der Waals surface area contributed by atoms with Crippen LogP contribution in [-0.2, 0) is 29.1 Å². The first-order valence-corrected chi connectivity index (χ1v) is 6.06. The van der Waals surface area contributed by atoms with Crippen LogP contribution >= 0.6 is 0 Å². The minimum atomic E-state index is -0.125. The fourth-order valence-electron chi connectivity index (χ4n) is 0.902. The Bertz CT molecular complexity index is 372. The van der Waals surface area contributed by atoms with Crippen molar-refractivity contribution in [3.05, 3.63) is 35.5 Å². The number of hydrogen-bond donors (Lipinski definition) is 4. The summed E-state index contributed by atoms with van der Waals surface area (Å²) in [5, 5.41) is 32.0. The molecule has 0 aliphatic carbocycles. The zero-order valence-electron chi connectivity index (χ0n) is 13.7. The van der Waals surface area contributed by atoms with E-state index in [0.717, 1.165) is 0 Å². The summed E-state index contributed by atoms with van der Waals surface area (Å²) in [6.07, 6.45) is 3.72.